The van der Waals surface area contributed by atoms with E-state index in [4.69, 9.17) is 0 Å². The molecule has 0 amide bonds. The van der Waals surface area contributed by atoms with Crippen LogP contribution in [0.4, 0.5) is 5.69 Å². The van der Waals surface area contributed by atoms with Crippen molar-refractivity contribution in [2.45, 2.75) is 0 Å². The lowest BCUT2D eigenvalue weighted by Crippen LogP contribution is -2.22. The van der Waals surface area contributed by atoms with Gasteiger partial charge in [0.15, 0.2) is 0 Å². The van der Waals surface area contributed by atoms with E-state index in [-0.39, 0.29) is 5.56 Å². The van der Waals surface area contributed by atoms with Gasteiger partial charge in [0.25, 0.3) is 5.69 Å². The molecule has 68 valence electrons. The highest BCUT2D eigenvalue weighted by atomic mass is 16.6. The van der Waals surface area contributed by atoms with Crippen molar-refractivity contribution in [1.29, 1.82) is 0 Å². The SMILES string of the molecule is O=C([O-])c1ccc([O-])c([N+](=O)[O-])c1. The van der Waals surface area contributed by atoms with E-state index in [9.17, 15) is 25.1 Å². The fourth-order valence-electron chi connectivity index (χ4n) is 0.787. The Morgan fingerprint density at radius 2 is 2.00 bits per heavy atom. The number of carbonyl (C=O) groups excluding carboxylic acids is 1. The standard InChI is InChI=1S/C7H5NO5/c9-6-2-1-4(7(10)11)3-5(6)8(12)13/h1-3,9H,(H,10,11)/p-2. The first-order valence-corrected chi connectivity index (χ1v) is 3.19. The van der Waals surface area contributed by atoms with E-state index in [1.165, 1.54) is 0 Å². The molecule has 13 heavy (non-hydrogen) atoms. The summed E-state index contributed by atoms with van der Waals surface area (Å²) in [7, 11) is 0. The maximum Gasteiger partial charge on any atom is 0.262 e. The number of benzene rings is 1. The summed E-state index contributed by atoms with van der Waals surface area (Å²) in [6, 6.07) is 2.46. The van der Waals surface area contributed by atoms with E-state index in [2.05, 4.69) is 0 Å². The molecule has 6 heteroatoms. The molecule has 0 aliphatic heterocycles. The van der Waals surface area contributed by atoms with Crippen molar-refractivity contribution >= 4 is 11.7 Å². The van der Waals surface area contributed by atoms with Crippen molar-refractivity contribution < 1.29 is 19.9 Å². The summed E-state index contributed by atoms with van der Waals surface area (Å²) in [6.07, 6.45) is 0. The van der Waals surface area contributed by atoms with Crippen LogP contribution in [0.3, 0.4) is 0 Å². The molecule has 0 aromatic heterocycles. The van der Waals surface area contributed by atoms with E-state index in [1.54, 1.807) is 0 Å². The minimum atomic E-state index is -1.55. The third-order valence-electron chi connectivity index (χ3n) is 1.39. The van der Waals surface area contributed by atoms with E-state index < -0.39 is 22.3 Å². The lowest BCUT2D eigenvalue weighted by atomic mass is 10.2. The minimum Gasteiger partial charge on any atom is -0.868 e. The van der Waals surface area contributed by atoms with Gasteiger partial charge in [-0.3, -0.25) is 10.1 Å². The van der Waals surface area contributed by atoms with Gasteiger partial charge in [0.05, 0.1) is 10.9 Å². The van der Waals surface area contributed by atoms with Crippen LogP contribution in [0.2, 0.25) is 0 Å². The largest absolute Gasteiger partial charge is 0.868 e. The summed E-state index contributed by atoms with van der Waals surface area (Å²) in [5.74, 6) is -2.38. The summed E-state index contributed by atoms with van der Waals surface area (Å²) in [4.78, 5) is 19.5. The Morgan fingerprint density at radius 3 is 2.46 bits per heavy atom. The van der Waals surface area contributed by atoms with Crippen LogP contribution in [-0.2, 0) is 0 Å². The zero-order valence-electron chi connectivity index (χ0n) is 6.22. The number of aromatic carboxylic acids is 1. The van der Waals surface area contributed by atoms with Crippen molar-refractivity contribution in [2.24, 2.45) is 0 Å². The summed E-state index contributed by atoms with van der Waals surface area (Å²) >= 11 is 0. The summed E-state index contributed by atoms with van der Waals surface area (Å²) in [5, 5.41) is 31.2. The predicted octanol–water partition coefficient (Wildman–Crippen LogP) is -0.968. The number of hydrogen-bond donors (Lipinski definition) is 0. The smallest absolute Gasteiger partial charge is 0.262 e. The van der Waals surface area contributed by atoms with E-state index in [0.29, 0.717) is 6.07 Å². The number of carboxylic acids is 1. The van der Waals surface area contributed by atoms with Gasteiger partial charge in [0.2, 0.25) is 0 Å². The number of hydrogen-bond acceptors (Lipinski definition) is 5. The number of rotatable bonds is 2. The van der Waals surface area contributed by atoms with Crippen molar-refractivity contribution in [3.05, 3.63) is 33.9 Å². The van der Waals surface area contributed by atoms with Gasteiger partial charge >= 0.3 is 0 Å². The molecule has 0 fully saturated rings. The molecule has 0 bridgehead atoms. The molecular formula is C7H3NO5-2. The van der Waals surface area contributed by atoms with Crippen LogP contribution in [0, 0.1) is 10.1 Å². The van der Waals surface area contributed by atoms with Gasteiger partial charge in [-0.05, 0) is 5.75 Å². The van der Waals surface area contributed by atoms with Gasteiger partial charge in [-0.1, -0.05) is 12.1 Å². The Balaban J connectivity index is 3.27. The Hall–Kier alpha value is -2.11. The molecule has 1 aromatic carbocycles. The fraction of sp³-hybridized carbons (Fsp3) is 0. The normalized spacial score (nSPS) is 9.54. The van der Waals surface area contributed by atoms with Crippen molar-refractivity contribution in [1.82, 2.24) is 0 Å². The molecule has 0 aliphatic carbocycles. The molecule has 0 radical (unpaired) electrons. The topological polar surface area (TPSA) is 106 Å². The molecule has 0 saturated carbocycles. The molecular weight excluding hydrogens is 178 g/mol. The van der Waals surface area contributed by atoms with Crippen LogP contribution in [0.15, 0.2) is 18.2 Å². The molecule has 0 aliphatic rings. The second-order valence-electron chi connectivity index (χ2n) is 2.23. The Bertz CT molecular complexity index is 373. The first kappa shape index (κ1) is 8.98. The summed E-state index contributed by atoms with van der Waals surface area (Å²) < 4.78 is 0. The zero-order chi connectivity index (χ0) is 10.0. The molecule has 0 atom stereocenters. The molecule has 0 spiro atoms. The molecule has 0 N–H and O–H groups in total. The first-order chi connectivity index (χ1) is 6.02. The van der Waals surface area contributed by atoms with Gasteiger partial charge in [-0.25, -0.2) is 0 Å². The van der Waals surface area contributed by atoms with E-state index in [1.807, 2.05) is 0 Å². The summed E-state index contributed by atoms with van der Waals surface area (Å²) in [5.41, 5.74) is -1.15. The quantitative estimate of drug-likeness (QED) is 0.431. The lowest BCUT2D eigenvalue weighted by molar-refractivity contribution is -0.398. The van der Waals surface area contributed by atoms with Gasteiger partial charge in [-0.15, -0.1) is 0 Å². The maximum absolute atomic E-state index is 10.8. The zero-order valence-corrected chi connectivity index (χ0v) is 6.22. The third kappa shape index (κ3) is 1.73. The van der Waals surface area contributed by atoms with Crippen LogP contribution in [0.5, 0.6) is 5.75 Å². The highest BCUT2D eigenvalue weighted by molar-refractivity contribution is 5.87. The molecule has 1 rings (SSSR count). The minimum absolute atomic E-state index is 0.383. The van der Waals surface area contributed by atoms with Crippen LogP contribution < -0.4 is 10.2 Å². The number of carboxylic acid groups (broad SMARTS) is 1. The summed E-state index contributed by atoms with van der Waals surface area (Å²) in [6.45, 7) is 0. The van der Waals surface area contributed by atoms with E-state index in [0.717, 1.165) is 12.1 Å². The van der Waals surface area contributed by atoms with Crippen molar-refractivity contribution in [3.63, 3.8) is 0 Å². The maximum atomic E-state index is 10.8. The number of nitrogens with zero attached hydrogens (tertiary/aromatic N) is 1. The monoisotopic (exact) mass is 181 g/mol. The number of nitro groups is 1. The van der Waals surface area contributed by atoms with Gasteiger partial charge in [0, 0.05) is 11.6 Å². The second-order valence-corrected chi connectivity index (χ2v) is 2.23. The van der Waals surface area contributed by atoms with Crippen LogP contribution in [0.1, 0.15) is 10.4 Å². The molecule has 6 nitrogen and oxygen atoms in total. The Morgan fingerprint density at radius 1 is 1.38 bits per heavy atom. The predicted molar refractivity (Wildman–Crippen MR) is 36.9 cm³/mol. The number of nitro benzene ring substituents is 1. The van der Waals surface area contributed by atoms with Crippen molar-refractivity contribution in [2.75, 3.05) is 0 Å². The van der Waals surface area contributed by atoms with Crippen molar-refractivity contribution in [3.8, 4) is 5.75 Å². The average Bonchev–Trinajstić information content (AvgIpc) is 2.04. The van der Waals surface area contributed by atoms with E-state index >= 15 is 0 Å². The fourth-order valence-corrected chi connectivity index (χ4v) is 0.787. The molecule has 0 heterocycles. The highest BCUT2D eigenvalue weighted by Crippen LogP contribution is 2.23. The van der Waals surface area contributed by atoms with Crippen LogP contribution in [0.25, 0.3) is 0 Å². The lowest BCUT2D eigenvalue weighted by Gasteiger charge is -2.08. The molecule has 0 saturated heterocycles. The average molecular weight is 181 g/mol. The number of carbonyl (C=O) groups is 1. The molecule has 1 aromatic rings. The highest BCUT2D eigenvalue weighted by Gasteiger charge is 2.07. The molecule has 0 unspecified atom stereocenters. The van der Waals surface area contributed by atoms with Gasteiger partial charge < -0.3 is 15.0 Å². The van der Waals surface area contributed by atoms with Gasteiger partial charge in [-0.2, -0.15) is 0 Å². The Kier molecular flexibility index (Phi) is 2.14. The Labute approximate surface area is 72.2 Å². The third-order valence-corrected chi connectivity index (χ3v) is 1.39. The van der Waals surface area contributed by atoms with Gasteiger partial charge in [0.1, 0.15) is 0 Å². The second kappa shape index (κ2) is 3.10. The van der Waals surface area contributed by atoms with Crippen LogP contribution in [-0.4, -0.2) is 10.9 Å². The first-order valence-electron chi connectivity index (χ1n) is 3.19. The van der Waals surface area contributed by atoms with Crippen LogP contribution >= 0.6 is 0 Å².